The number of ether oxygens (including phenoxy) is 1. The highest BCUT2D eigenvalue weighted by atomic mass is 16.5. The van der Waals surface area contributed by atoms with Crippen LogP contribution < -0.4 is 9.64 Å². The van der Waals surface area contributed by atoms with Gasteiger partial charge >= 0.3 is 0 Å². The molecule has 1 spiro atoms. The van der Waals surface area contributed by atoms with Crippen LogP contribution in [0.25, 0.3) is 55.6 Å². The smallest absolute Gasteiger partial charge is 0.132 e. The number of hydrogen-bond acceptors (Lipinski definition) is 2. The van der Waals surface area contributed by atoms with Crippen molar-refractivity contribution < 1.29 is 4.74 Å². The monoisotopic (exact) mass is 803 g/mol. The van der Waals surface area contributed by atoms with Gasteiger partial charge in [0.1, 0.15) is 11.5 Å². The van der Waals surface area contributed by atoms with Crippen LogP contribution in [0, 0.1) is 0 Å². The van der Waals surface area contributed by atoms with Crippen LogP contribution in [0.5, 0.6) is 11.5 Å². The minimum absolute atomic E-state index is 0.541. The molecule has 10 aromatic carbocycles. The summed E-state index contributed by atoms with van der Waals surface area (Å²) in [6.45, 7) is 0. The predicted octanol–water partition coefficient (Wildman–Crippen LogP) is 16.3. The average molecular weight is 804 g/mol. The van der Waals surface area contributed by atoms with Gasteiger partial charge in [0.05, 0.1) is 5.41 Å². The van der Waals surface area contributed by atoms with Crippen LogP contribution in [0.4, 0.5) is 17.1 Å². The molecule has 0 N–H and O–H groups in total. The van der Waals surface area contributed by atoms with E-state index in [4.69, 9.17) is 4.74 Å². The molecule has 1 heterocycles. The Kier molecular flexibility index (Phi) is 8.76. The summed E-state index contributed by atoms with van der Waals surface area (Å²) < 4.78 is 6.64. The molecule has 0 radical (unpaired) electrons. The molecule has 0 fully saturated rings. The topological polar surface area (TPSA) is 12.5 Å². The molecule has 2 aliphatic rings. The van der Waals surface area contributed by atoms with Gasteiger partial charge in [0.15, 0.2) is 0 Å². The molecule has 63 heavy (non-hydrogen) atoms. The Labute approximate surface area is 368 Å². The van der Waals surface area contributed by atoms with Crippen molar-refractivity contribution >= 4 is 17.1 Å². The number of nitrogens with zero attached hydrogens (tertiary/aromatic N) is 1. The number of para-hydroxylation sites is 2. The third-order valence-corrected chi connectivity index (χ3v) is 12.9. The van der Waals surface area contributed by atoms with E-state index in [1.54, 1.807) is 0 Å². The first-order chi connectivity index (χ1) is 31.2. The first kappa shape index (κ1) is 36.6. The summed E-state index contributed by atoms with van der Waals surface area (Å²) in [5.41, 5.74) is 19.4. The molecule has 12 rings (SSSR count). The minimum Gasteiger partial charge on any atom is -0.457 e. The summed E-state index contributed by atoms with van der Waals surface area (Å²) in [6.07, 6.45) is 0. The molecule has 0 saturated carbocycles. The molecule has 10 aromatic rings. The van der Waals surface area contributed by atoms with Gasteiger partial charge in [-0.2, -0.15) is 0 Å². The van der Waals surface area contributed by atoms with Crippen molar-refractivity contribution in [3.63, 3.8) is 0 Å². The summed E-state index contributed by atoms with van der Waals surface area (Å²) in [5.74, 6) is 1.79. The molecular formula is C61H41NO. The molecular weight excluding hydrogens is 763 g/mol. The van der Waals surface area contributed by atoms with Crippen molar-refractivity contribution in [1.29, 1.82) is 0 Å². The Morgan fingerprint density at radius 2 is 0.683 bits per heavy atom. The third-order valence-electron chi connectivity index (χ3n) is 12.9. The summed E-state index contributed by atoms with van der Waals surface area (Å²) >= 11 is 0. The third kappa shape index (κ3) is 6.02. The van der Waals surface area contributed by atoms with E-state index >= 15 is 0 Å². The van der Waals surface area contributed by atoms with Gasteiger partial charge in [0.2, 0.25) is 0 Å². The van der Waals surface area contributed by atoms with Gasteiger partial charge in [0.25, 0.3) is 0 Å². The lowest BCUT2D eigenvalue weighted by Gasteiger charge is -2.39. The minimum atomic E-state index is -0.541. The maximum absolute atomic E-state index is 6.64. The highest BCUT2D eigenvalue weighted by Crippen LogP contribution is 2.63. The van der Waals surface area contributed by atoms with Gasteiger partial charge in [-0.1, -0.05) is 194 Å². The van der Waals surface area contributed by atoms with E-state index in [0.717, 1.165) is 61.9 Å². The van der Waals surface area contributed by atoms with Crippen molar-refractivity contribution in [3.05, 3.63) is 271 Å². The molecule has 2 nitrogen and oxygen atoms in total. The second-order valence-electron chi connectivity index (χ2n) is 16.4. The fourth-order valence-electron chi connectivity index (χ4n) is 10.2. The molecule has 0 unspecified atom stereocenters. The predicted molar refractivity (Wildman–Crippen MR) is 260 cm³/mol. The van der Waals surface area contributed by atoms with Gasteiger partial charge in [0, 0.05) is 28.2 Å². The summed E-state index contributed by atoms with van der Waals surface area (Å²) in [5, 5.41) is 0. The summed E-state index contributed by atoms with van der Waals surface area (Å²) in [7, 11) is 0. The standard InChI is InChI=1S/C61H41NO/c1-4-19-42(20-5-1)45-25-16-27-49(38-45)62(51-40-47(43-21-6-2-7-22-43)37-48(41-51)44-23-8-3-9-24-44)50-28-17-26-46(39-50)52-30-18-34-57-60(52)53-29-10-11-31-54(53)61(57)55-32-12-14-35-58(55)63-59-36-15-13-33-56(59)61/h1-41H. The lowest BCUT2D eigenvalue weighted by molar-refractivity contribution is 0.436. The Bertz CT molecular complexity index is 3210. The van der Waals surface area contributed by atoms with E-state index in [1.165, 1.54) is 44.5 Å². The van der Waals surface area contributed by atoms with Crippen LogP contribution in [0.15, 0.2) is 249 Å². The average Bonchev–Trinajstić information content (AvgIpc) is 3.66. The number of benzene rings is 10. The fraction of sp³-hybridized carbons (Fsp3) is 0.0164. The van der Waals surface area contributed by atoms with Gasteiger partial charge in [-0.05, 0) is 121 Å². The molecule has 0 aromatic heterocycles. The van der Waals surface area contributed by atoms with Gasteiger partial charge in [-0.25, -0.2) is 0 Å². The van der Waals surface area contributed by atoms with Crippen LogP contribution in [-0.2, 0) is 5.41 Å². The van der Waals surface area contributed by atoms with Crippen LogP contribution in [0.3, 0.4) is 0 Å². The zero-order valence-electron chi connectivity index (χ0n) is 34.5. The second-order valence-corrected chi connectivity index (χ2v) is 16.4. The number of hydrogen-bond donors (Lipinski definition) is 0. The lowest BCUT2D eigenvalue weighted by Crippen LogP contribution is -2.32. The van der Waals surface area contributed by atoms with E-state index < -0.39 is 5.41 Å². The van der Waals surface area contributed by atoms with Crippen LogP contribution in [0.1, 0.15) is 22.3 Å². The van der Waals surface area contributed by atoms with Crippen molar-refractivity contribution in [2.24, 2.45) is 0 Å². The molecule has 0 bridgehead atoms. The highest BCUT2D eigenvalue weighted by molar-refractivity contribution is 5.97. The van der Waals surface area contributed by atoms with E-state index in [2.05, 4.69) is 254 Å². The van der Waals surface area contributed by atoms with E-state index in [9.17, 15) is 0 Å². The number of fused-ring (bicyclic) bond motifs is 9. The van der Waals surface area contributed by atoms with Crippen LogP contribution in [-0.4, -0.2) is 0 Å². The molecule has 1 aliphatic heterocycles. The number of rotatable bonds is 7. The van der Waals surface area contributed by atoms with E-state index in [-0.39, 0.29) is 0 Å². The van der Waals surface area contributed by atoms with E-state index in [0.29, 0.717) is 0 Å². The zero-order valence-corrected chi connectivity index (χ0v) is 34.5. The van der Waals surface area contributed by atoms with Crippen LogP contribution in [0.2, 0.25) is 0 Å². The summed E-state index contributed by atoms with van der Waals surface area (Å²) in [4.78, 5) is 2.43. The number of anilines is 3. The fourth-order valence-corrected chi connectivity index (χ4v) is 10.2. The normalized spacial score (nSPS) is 12.7. The molecule has 0 saturated heterocycles. The molecule has 1 aliphatic carbocycles. The first-order valence-electron chi connectivity index (χ1n) is 21.7. The van der Waals surface area contributed by atoms with E-state index in [1.807, 2.05) is 0 Å². The van der Waals surface area contributed by atoms with Gasteiger partial charge in [-0.3, -0.25) is 0 Å². The maximum atomic E-state index is 6.64. The maximum Gasteiger partial charge on any atom is 0.132 e. The van der Waals surface area contributed by atoms with Crippen molar-refractivity contribution in [2.45, 2.75) is 5.41 Å². The Morgan fingerprint density at radius 1 is 0.270 bits per heavy atom. The second kappa shape index (κ2) is 15.1. The van der Waals surface area contributed by atoms with Gasteiger partial charge < -0.3 is 9.64 Å². The Hall–Kier alpha value is -8.20. The van der Waals surface area contributed by atoms with Crippen LogP contribution >= 0.6 is 0 Å². The SMILES string of the molecule is c1ccc(-c2cccc(N(c3cc(-c4ccccc4)cc(-c4ccccc4)c3)c3cccc(-c4cccc5c4-c4ccccc4C54c5ccccc5Oc5ccccc54)c3)c2)cc1. The molecule has 0 amide bonds. The molecule has 2 heteroatoms. The summed E-state index contributed by atoms with van der Waals surface area (Å²) in [6, 6.07) is 90.1. The van der Waals surface area contributed by atoms with Crippen molar-refractivity contribution in [3.8, 4) is 67.1 Å². The Morgan fingerprint density at radius 3 is 1.29 bits per heavy atom. The van der Waals surface area contributed by atoms with Crippen molar-refractivity contribution in [2.75, 3.05) is 4.90 Å². The first-order valence-corrected chi connectivity index (χ1v) is 21.7. The van der Waals surface area contributed by atoms with Gasteiger partial charge in [-0.15, -0.1) is 0 Å². The zero-order chi connectivity index (χ0) is 41.7. The Balaban J connectivity index is 1.09. The highest BCUT2D eigenvalue weighted by Gasteiger charge is 2.51. The largest absolute Gasteiger partial charge is 0.457 e. The molecule has 296 valence electrons. The van der Waals surface area contributed by atoms with Crippen molar-refractivity contribution in [1.82, 2.24) is 0 Å². The molecule has 0 atom stereocenters. The quantitative estimate of drug-likeness (QED) is 0.159. The lowest BCUT2D eigenvalue weighted by atomic mass is 9.66.